The fraction of sp³-hybridized carbons (Fsp3) is 0.611. The second-order valence-corrected chi connectivity index (χ2v) is 6.73. The molecule has 0 amide bonds. The van der Waals surface area contributed by atoms with E-state index in [9.17, 15) is 4.79 Å². The molecule has 0 N–H and O–H groups in total. The Morgan fingerprint density at radius 2 is 1.95 bits per heavy atom. The van der Waals surface area contributed by atoms with Gasteiger partial charge in [-0.2, -0.15) is 0 Å². The van der Waals surface area contributed by atoms with E-state index in [-0.39, 0.29) is 11.2 Å². The molecule has 0 fully saturated rings. The average molecular weight is 276 g/mol. The largest absolute Gasteiger partial charge is 0.494 e. The highest BCUT2D eigenvalue weighted by molar-refractivity contribution is 5.75. The molecule has 1 atom stereocenters. The summed E-state index contributed by atoms with van der Waals surface area (Å²) < 4.78 is 5.73. The zero-order valence-corrected chi connectivity index (χ0v) is 13.7. The lowest BCUT2D eigenvalue weighted by molar-refractivity contribution is -0.117. The third kappa shape index (κ3) is 4.99. The van der Waals surface area contributed by atoms with Crippen molar-refractivity contribution in [2.45, 2.75) is 59.8 Å². The fourth-order valence-corrected chi connectivity index (χ4v) is 2.54. The summed E-state index contributed by atoms with van der Waals surface area (Å²) in [5.41, 5.74) is 2.59. The van der Waals surface area contributed by atoms with Gasteiger partial charge in [-0.05, 0) is 48.8 Å². The monoisotopic (exact) mass is 276 g/mol. The van der Waals surface area contributed by atoms with E-state index >= 15 is 0 Å². The van der Waals surface area contributed by atoms with Gasteiger partial charge in [0.25, 0.3) is 0 Å². The van der Waals surface area contributed by atoms with E-state index in [1.807, 2.05) is 6.92 Å². The van der Waals surface area contributed by atoms with Crippen LogP contribution in [0.1, 0.15) is 59.1 Å². The molecule has 0 saturated heterocycles. The minimum Gasteiger partial charge on any atom is -0.494 e. The van der Waals surface area contributed by atoms with Crippen LogP contribution in [0.5, 0.6) is 5.75 Å². The maximum Gasteiger partial charge on any atom is 0.130 e. The molecular weight excluding hydrogens is 248 g/mol. The highest BCUT2D eigenvalue weighted by Gasteiger charge is 2.20. The summed E-state index contributed by atoms with van der Waals surface area (Å²) in [7, 11) is 0. The first kappa shape index (κ1) is 16.7. The van der Waals surface area contributed by atoms with Gasteiger partial charge in [0.05, 0.1) is 6.61 Å². The molecule has 2 heteroatoms. The summed E-state index contributed by atoms with van der Waals surface area (Å²) in [6, 6.07) is 6.43. The lowest BCUT2D eigenvalue weighted by atomic mass is 9.84. The molecule has 0 saturated carbocycles. The number of hydrogen-bond donors (Lipinski definition) is 0. The normalized spacial score (nSPS) is 13.1. The third-order valence-corrected chi connectivity index (χ3v) is 3.37. The van der Waals surface area contributed by atoms with Crippen molar-refractivity contribution >= 4 is 5.78 Å². The topological polar surface area (TPSA) is 26.3 Å². The van der Waals surface area contributed by atoms with E-state index in [4.69, 9.17) is 4.74 Å². The van der Waals surface area contributed by atoms with E-state index in [1.54, 1.807) is 6.92 Å². The van der Waals surface area contributed by atoms with Crippen LogP contribution in [0.25, 0.3) is 0 Å². The fourth-order valence-electron chi connectivity index (χ4n) is 2.54. The summed E-state index contributed by atoms with van der Waals surface area (Å²) >= 11 is 0. The van der Waals surface area contributed by atoms with Gasteiger partial charge < -0.3 is 9.53 Å². The van der Waals surface area contributed by atoms with E-state index in [0.29, 0.717) is 18.9 Å². The van der Waals surface area contributed by atoms with Gasteiger partial charge in [-0.1, -0.05) is 39.8 Å². The van der Waals surface area contributed by atoms with Gasteiger partial charge in [-0.25, -0.2) is 0 Å². The van der Waals surface area contributed by atoms with Crippen LogP contribution in [0.3, 0.4) is 0 Å². The van der Waals surface area contributed by atoms with Crippen LogP contribution in [0, 0.1) is 5.92 Å². The Bertz CT molecular complexity index is 455. The molecule has 1 aromatic rings. The summed E-state index contributed by atoms with van der Waals surface area (Å²) in [6.07, 6.45) is 1.59. The Hall–Kier alpha value is -1.31. The first-order chi connectivity index (χ1) is 9.24. The zero-order chi connectivity index (χ0) is 15.3. The van der Waals surface area contributed by atoms with Gasteiger partial charge in [-0.15, -0.1) is 0 Å². The minimum absolute atomic E-state index is 0.0598. The minimum atomic E-state index is 0.0598. The van der Waals surface area contributed by atoms with Crippen molar-refractivity contribution in [1.82, 2.24) is 0 Å². The van der Waals surface area contributed by atoms with Gasteiger partial charge in [-0.3, -0.25) is 0 Å². The van der Waals surface area contributed by atoms with Crippen LogP contribution in [0.2, 0.25) is 0 Å². The van der Waals surface area contributed by atoms with Crippen LogP contribution in [0.15, 0.2) is 18.2 Å². The Balaban J connectivity index is 2.97. The molecule has 2 nitrogen and oxygen atoms in total. The molecule has 0 aliphatic heterocycles. The standard InChI is InChI=1S/C18H28O2/c1-7-20-17-9-8-15(11-13(2)10-14(3)19)12-16(17)18(4,5)6/h8-9,12-13H,7,10-11H2,1-6H3. The second kappa shape index (κ2) is 6.92. The molecule has 0 aliphatic rings. The Kier molecular flexibility index (Phi) is 5.79. The molecule has 1 unspecified atom stereocenters. The quantitative estimate of drug-likeness (QED) is 0.762. The van der Waals surface area contributed by atoms with Crippen molar-refractivity contribution in [1.29, 1.82) is 0 Å². The van der Waals surface area contributed by atoms with Crippen molar-refractivity contribution in [3.05, 3.63) is 29.3 Å². The van der Waals surface area contributed by atoms with E-state index in [0.717, 1.165) is 12.2 Å². The number of hydrogen-bond acceptors (Lipinski definition) is 2. The summed E-state index contributed by atoms with van der Waals surface area (Å²) in [5.74, 6) is 1.63. The number of rotatable bonds is 6. The van der Waals surface area contributed by atoms with Crippen molar-refractivity contribution in [3.63, 3.8) is 0 Å². The first-order valence-electron chi connectivity index (χ1n) is 7.49. The van der Waals surface area contributed by atoms with Crippen molar-refractivity contribution in [2.24, 2.45) is 5.92 Å². The van der Waals surface area contributed by atoms with Crippen LogP contribution in [-0.4, -0.2) is 12.4 Å². The Morgan fingerprint density at radius 3 is 2.45 bits per heavy atom. The molecule has 20 heavy (non-hydrogen) atoms. The smallest absolute Gasteiger partial charge is 0.130 e. The van der Waals surface area contributed by atoms with Gasteiger partial charge >= 0.3 is 0 Å². The maximum absolute atomic E-state index is 11.2. The summed E-state index contributed by atoms with van der Waals surface area (Å²) in [6.45, 7) is 13.1. The van der Waals surface area contributed by atoms with Crippen molar-refractivity contribution in [2.75, 3.05) is 6.61 Å². The number of benzene rings is 1. The van der Waals surface area contributed by atoms with E-state index in [2.05, 4.69) is 45.9 Å². The van der Waals surface area contributed by atoms with Gasteiger partial charge in [0.1, 0.15) is 11.5 Å². The Morgan fingerprint density at radius 1 is 1.30 bits per heavy atom. The number of carbonyl (C=O) groups excluding carboxylic acids is 1. The molecule has 0 heterocycles. The predicted molar refractivity (Wildman–Crippen MR) is 84.5 cm³/mol. The van der Waals surface area contributed by atoms with E-state index < -0.39 is 0 Å². The average Bonchev–Trinajstić information content (AvgIpc) is 2.28. The molecule has 1 rings (SSSR count). The molecular formula is C18H28O2. The van der Waals surface area contributed by atoms with Gasteiger partial charge in [0, 0.05) is 6.42 Å². The molecule has 112 valence electrons. The summed E-state index contributed by atoms with van der Waals surface area (Å²) in [5, 5.41) is 0. The molecule has 0 bridgehead atoms. The van der Waals surface area contributed by atoms with Crippen LogP contribution < -0.4 is 4.74 Å². The van der Waals surface area contributed by atoms with Gasteiger partial charge in [0.15, 0.2) is 0 Å². The second-order valence-electron chi connectivity index (χ2n) is 6.73. The third-order valence-electron chi connectivity index (χ3n) is 3.37. The van der Waals surface area contributed by atoms with Crippen molar-refractivity contribution in [3.8, 4) is 5.75 Å². The predicted octanol–water partition coefficient (Wildman–Crippen LogP) is 4.54. The number of ether oxygens (including phenoxy) is 1. The highest BCUT2D eigenvalue weighted by atomic mass is 16.5. The molecule has 1 aromatic carbocycles. The molecule has 0 aliphatic carbocycles. The lowest BCUT2D eigenvalue weighted by Crippen LogP contribution is -2.14. The molecule has 0 aromatic heterocycles. The van der Waals surface area contributed by atoms with Gasteiger partial charge in [0.2, 0.25) is 0 Å². The summed E-state index contributed by atoms with van der Waals surface area (Å²) in [4.78, 5) is 11.2. The lowest BCUT2D eigenvalue weighted by Gasteiger charge is -2.24. The van der Waals surface area contributed by atoms with Crippen LogP contribution in [0.4, 0.5) is 0 Å². The molecule has 0 radical (unpaired) electrons. The Labute approximate surface area is 123 Å². The number of Topliss-reactive ketones (excluding diaryl/α,β-unsaturated/α-hetero) is 1. The molecule has 0 spiro atoms. The number of carbonyl (C=O) groups is 1. The SMILES string of the molecule is CCOc1ccc(CC(C)CC(C)=O)cc1C(C)(C)C. The van der Waals surface area contributed by atoms with Crippen LogP contribution >= 0.6 is 0 Å². The maximum atomic E-state index is 11.2. The van der Waals surface area contributed by atoms with Crippen LogP contribution in [-0.2, 0) is 16.6 Å². The van der Waals surface area contributed by atoms with Crippen molar-refractivity contribution < 1.29 is 9.53 Å². The first-order valence-corrected chi connectivity index (χ1v) is 7.49. The zero-order valence-electron chi connectivity index (χ0n) is 13.7. The highest BCUT2D eigenvalue weighted by Crippen LogP contribution is 2.33. The van der Waals surface area contributed by atoms with E-state index in [1.165, 1.54) is 11.1 Å². The number of ketones is 1.